The van der Waals surface area contributed by atoms with Crippen LogP contribution in [-0.4, -0.2) is 40.5 Å². The van der Waals surface area contributed by atoms with E-state index < -0.39 is 0 Å². The van der Waals surface area contributed by atoms with Gasteiger partial charge in [0.15, 0.2) is 0 Å². The Kier molecular flexibility index (Phi) is 7.39. The minimum atomic E-state index is -0.210. The topological polar surface area (TPSA) is 66.0 Å². The molecule has 1 aromatic rings. The van der Waals surface area contributed by atoms with Crippen molar-refractivity contribution >= 4 is 5.97 Å². The number of esters is 1. The predicted octanol–water partition coefficient (Wildman–Crippen LogP) is 1.76. The summed E-state index contributed by atoms with van der Waals surface area (Å²) in [6.45, 7) is 3.24. The van der Waals surface area contributed by atoms with Crippen LogP contribution >= 0.6 is 0 Å². The molecule has 21 heavy (non-hydrogen) atoms. The highest BCUT2D eigenvalue weighted by Gasteiger charge is 2.13. The fourth-order valence-corrected chi connectivity index (χ4v) is 1.89. The van der Waals surface area contributed by atoms with E-state index in [1.807, 2.05) is 0 Å². The maximum absolute atomic E-state index is 11.3. The quantitative estimate of drug-likeness (QED) is 0.553. The van der Waals surface area contributed by atoms with Gasteiger partial charge in [-0.25, -0.2) is 0 Å². The number of hydrogen-bond donors (Lipinski definition) is 1. The van der Waals surface area contributed by atoms with Gasteiger partial charge in [0.2, 0.25) is 0 Å². The zero-order valence-electron chi connectivity index (χ0n) is 13.0. The van der Waals surface area contributed by atoms with Gasteiger partial charge in [-0.15, -0.1) is 0 Å². The maximum Gasteiger partial charge on any atom is 0.307 e. The molecule has 6 nitrogen and oxygen atoms in total. The van der Waals surface area contributed by atoms with Crippen LogP contribution in [0.3, 0.4) is 0 Å². The van der Waals surface area contributed by atoms with E-state index in [1.54, 1.807) is 40.4 Å². The third-order valence-corrected chi connectivity index (χ3v) is 2.93. The van der Waals surface area contributed by atoms with E-state index in [-0.39, 0.29) is 5.97 Å². The van der Waals surface area contributed by atoms with Crippen molar-refractivity contribution in [2.24, 2.45) is 0 Å². The first-order chi connectivity index (χ1) is 10.2. The normalized spacial score (nSPS) is 10.1. The molecule has 0 saturated carbocycles. The molecule has 0 aliphatic carbocycles. The Morgan fingerprint density at radius 3 is 2.19 bits per heavy atom. The van der Waals surface area contributed by atoms with Crippen LogP contribution in [0.25, 0.3) is 0 Å². The van der Waals surface area contributed by atoms with Crippen LogP contribution in [0.4, 0.5) is 0 Å². The van der Waals surface area contributed by atoms with Gasteiger partial charge in [-0.1, -0.05) is 0 Å². The minimum absolute atomic E-state index is 0.210. The molecular formula is C15H23NO5. The first-order valence-electron chi connectivity index (χ1n) is 6.81. The molecule has 0 amide bonds. The third-order valence-electron chi connectivity index (χ3n) is 2.93. The third kappa shape index (κ3) is 5.15. The number of methoxy groups -OCH3 is 3. The van der Waals surface area contributed by atoms with Crippen molar-refractivity contribution in [2.45, 2.75) is 19.9 Å². The van der Waals surface area contributed by atoms with Crippen molar-refractivity contribution in [2.75, 3.05) is 34.5 Å². The standard InChI is InChI=1S/C15H23NO5/c1-5-21-15(17)6-7-16-10-12-13(19-3)8-11(18-2)9-14(12)20-4/h8-9,16H,5-7,10H2,1-4H3. The van der Waals surface area contributed by atoms with Gasteiger partial charge in [0.1, 0.15) is 17.2 Å². The molecule has 0 aromatic heterocycles. The van der Waals surface area contributed by atoms with Crippen molar-refractivity contribution in [1.29, 1.82) is 0 Å². The first kappa shape index (κ1) is 17.1. The molecule has 0 aliphatic heterocycles. The highest BCUT2D eigenvalue weighted by Crippen LogP contribution is 2.33. The first-order valence-corrected chi connectivity index (χ1v) is 6.81. The van der Waals surface area contributed by atoms with Crippen LogP contribution < -0.4 is 19.5 Å². The molecule has 0 unspecified atom stereocenters. The lowest BCUT2D eigenvalue weighted by atomic mass is 10.1. The second-order valence-electron chi connectivity index (χ2n) is 4.24. The van der Waals surface area contributed by atoms with Crippen molar-refractivity contribution < 1.29 is 23.7 Å². The van der Waals surface area contributed by atoms with Crippen LogP contribution in [0.15, 0.2) is 12.1 Å². The SMILES string of the molecule is CCOC(=O)CCNCc1c(OC)cc(OC)cc1OC. The number of carbonyl (C=O) groups excluding carboxylic acids is 1. The van der Waals surface area contributed by atoms with E-state index in [1.165, 1.54) is 0 Å². The highest BCUT2D eigenvalue weighted by atomic mass is 16.5. The van der Waals surface area contributed by atoms with E-state index in [0.29, 0.717) is 43.4 Å². The van der Waals surface area contributed by atoms with Crippen molar-refractivity contribution in [1.82, 2.24) is 5.32 Å². The Hall–Kier alpha value is -1.95. The maximum atomic E-state index is 11.3. The smallest absolute Gasteiger partial charge is 0.307 e. The summed E-state index contributed by atoms with van der Waals surface area (Å²) in [5, 5.41) is 3.18. The van der Waals surface area contributed by atoms with Gasteiger partial charge in [-0.2, -0.15) is 0 Å². The number of hydrogen-bond acceptors (Lipinski definition) is 6. The predicted molar refractivity (Wildman–Crippen MR) is 79.1 cm³/mol. The molecule has 0 spiro atoms. The summed E-state index contributed by atoms with van der Waals surface area (Å²) >= 11 is 0. The lowest BCUT2D eigenvalue weighted by Crippen LogP contribution is -2.19. The van der Waals surface area contributed by atoms with Gasteiger partial charge in [0.25, 0.3) is 0 Å². The number of carbonyl (C=O) groups is 1. The molecule has 0 fully saturated rings. The summed E-state index contributed by atoms with van der Waals surface area (Å²) in [6, 6.07) is 3.59. The second kappa shape index (κ2) is 9.07. The van der Waals surface area contributed by atoms with Gasteiger partial charge >= 0.3 is 5.97 Å². The van der Waals surface area contributed by atoms with E-state index in [2.05, 4.69) is 5.32 Å². The van der Waals surface area contributed by atoms with Crippen LogP contribution in [0.2, 0.25) is 0 Å². The fraction of sp³-hybridized carbons (Fsp3) is 0.533. The summed E-state index contributed by atoms with van der Waals surface area (Å²) in [5.41, 5.74) is 0.879. The van der Waals surface area contributed by atoms with Crippen LogP contribution in [-0.2, 0) is 16.1 Å². The lowest BCUT2D eigenvalue weighted by molar-refractivity contribution is -0.142. The molecule has 1 rings (SSSR count). The molecule has 1 N–H and O–H groups in total. The summed E-state index contributed by atoms with van der Waals surface area (Å²) in [5.74, 6) is 1.81. The summed E-state index contributed by atoms with van der Waals surface area (Å²) in [6.07, 6.45) is 0.328. The van der Waals surface area contributed by atoms with Gasteiger partial charge in [0.05, 0.1) is 39.9 Å². The minimum Gasteiger partial charge on any atom is -0.496 e. The Balaban J connectivity index is 2.67. The highest BCUT2D eigenvalue weighted by molar-refractivity contribution is 5.69. The van der Waals surface area contributed by atoms with Crippen LogP contribution in [0, 0.1) is 0 Å². The Bertz CT molecular complexity index is 436. The number of benzene rings is 1. The molecule has 0 heterocycles. The molecular weight excluding hydrogens is 274 g/mol. The number of nitrogens with one attached hydrogen (secondary N) is 1. The largest absolute Gasteiger partial charge is 0.496 e. The Morgan fingerprint density at radius 2 is 1.71 bits per heavy atom. The average Bonchev–Trinajstić information content (AvgIpc) is 2.51. The van der Waals surface area contributed by atoms with E-state index in [9.17, 15) is 4.79 Å². The van der Waals surface area contributed by atoms with E-state index in [0.717, 1.165) is 5.56 Å². The van der Waals surface area contributed by atoms with Gasteiger partial charge < -0.3 is 24.3 Å². The zero-order chi connectivity index (χ0) is 15.7. The average molecular weight is 297 g/mol. The second-order valence-corrected chi connectivity index (χ2v) is 4.24. The number of rotatable bonds is 9. The fourth-order valence-electron chi connectivity index (χ4n) is 1.89. The number of ether oxygens (including phenoxy) is 4. The van der Waals surface area contributed by atoms with Crippen LogP contribution in [0.5, 0.6) is 17.2 Å². The zero-order valence-corrected chi connectivity index (χ0v) is 13.0. The molecule has 0 radical (unpaired) electrons. The Labute approximate surface area is 125 Å². The summed E-state index contributed by atoms with van der Waals surface area (Å²) in [7, 11) is 4.78. The van der Waals surface area contributed by atoms with Gasteiger partial charge in [-0.05, 0) is 6.92 Å². The molecule has 0 bridgehead atoms. The Morgan fingerprint density at radius 1 is 1.10 bits per heavy atom. The molecule has 0 atom stereocenters. The summed E-state index contributed by atoms with van der Waals surface area (Å²) < 4.78 is 20.8. The monoisotopic (exact) mass is 297 g/mol. The molecule has 118 valence electrons. The van der Waals surface area contributed by atoms with Gasteiger partial charge in [0, 0.05) is 25.2 Å². The molecule has 0 saturated heterocycles. The van der Waals surface area contributed by atoms with Crippen molar-refractivity contribution in [3.63, 3.8) is 0 Å². The van der Waals surface area contributed by atoms with Crippen LogP contribution in [0.1, 0.15) is 18.9 Å². The van der Waals surface area contributed by atoms with Crippen molar-refractivity contribution in [3.05, 3.63) is 17.7 Å². The van der Waals surface area contributed by atoms with E-state index >= 15 is 0 Å². The molecule has 1 aromatic carbocycles. The molecule has 0 aliphatic rings. The lowest BCUT2D eigenvalue weighted by Gasteiger charge is -2.15. The van der Waals surface area contributed by atoms with Crippen molar-refractivity contribution in [3.8, 4) is 17.2 Å². The van der Waals surface area contributed by atoms with E-state index in [4.69, 9.17) is 18.9 Å². The van der Waals surface area contributed by atoms with Gasteiger partial charge in [-0.3, -0.25) is 4.79 Å². The summed E-state index contributed by atoms with van der Waals surface area (Å²) in [4.78, 5) is 11.3. The molecule has 6 heteroatoms.